The number of hydrogen-bond acceptors (Lipinski definition) is 1. The van der Waals surface area contributed by atoms with Crippen LogP contribution in [0.2, 0.25) is 0 Å². The first kappa shape index (κ1) is 7.72. The summed E-state index contributed by atoms with van der Waals surface area (Å²) in [4.78, 5) is 0. The molecule has 2 bridgehead atoms. The Kier molecular flexibility index (Phi) is 1.74. The van der Waals surface area contributed by atoms with Crippen LogP contribution in [-0.4, -0.2) is 22.8 Å². The van der Waals surface area contributed by atoms with Gasteiger partial charge in [-0.05, 0) is 30.5 Å². The van der Waals surface area contributed by atoms with Crippen LogP contribution in [-0.2, 0) is 0 Å². The molecule has 2 aliphatic heterocycles. The molecular formula is C11H17N2+. The second-order valence-corrected chi connectivity index (χ2v) is 4.53. The highest BCUT2D eigenvalue weighted by molar-refractivity contribution is 4.97. The molecule has 0 aromatic carbocycles. The predicted octanol–water partition coefficient (Wildman–Crippen LogP) is 2.49. The molecule has 4 rings (SSSR count). The van der Waals surface area contributed by atoms with E-state index in [-0.39, 0.29) is 0 Å². The van der Waals surface area contributed by atoms with Crippen molar-refractivity contribution in [2.45, 2.75) is 56.7 Å². The van der Waals surface area contributed by atoms with Crippen LogP contribution in [0.15, 0.2) is 17.3 Å². The van der Waals surface area contributed by atoms with Crippen LogP contribution in [0.3, 0.4) is 0 Å². The lowest BCUT2D eigenvalue weighted by Crippen LogP contribution is -2.42. The zero-order chi connectivity index (χ0) is 8.67. The van der Waals surface area contributed by atoms with E-state index >= 15 is 0 Å². The lowest BCUT2D eigenvalue weighted by atomic mass is 9.89. The van der Waals surface area contributed by atoms with Crippen molar-refractivity contribution in [3.63, 3.8) is 0 Å². The van der Waals surface area contributed by atoms with Crippen molar-refractivity contribution in [3.05, 3.63) is 12.2 Å². The Hall–Kier alpha value is -0.660. The summed E-state index contributed by atoms with van der Waals surface area (Å²) in [5.41, 5.74) is 0. The Morgan fingerprint density at radius 1 is 1.08 bits per heavy atom. The molecule has 2 nitrogen and oxygen atoms in total. The van der Waals surface area contributed by atoms with Crippen LogP contribution in [0.5, 0.6) is 0 Å². The molecule has 0 radical (unpaired) electrons. The first-order chi connectivity index (χ1) is 6.43. The number of fused-ring (bicyclic) bond motifs is 2. The molecule has 1 saturated carbocycles. The minimum atomic E-state index is 0.646. The summed E-state index contributed by atoms with van der Waals surface area (Å²) in [5.74, 6) is 0. The molecule has 0 aromatic heterocycles. The van der Waals surface area contributed by atoms with Crippen molar-refractivity contribution in [2.24, 2.45) is 5.11 Å². The van der Waals surface area contributed by atoms with Gasteiger partial charge in [-0.25, -0.2) is 0 Å². The van der Waals surface area contributed by atoms with Gasteiger partial charge >= 0.3 is 0 Å². The Bertz CT molecular complexity index is 259. The van der Waals surface area contributed by atoms with Gasteiger partial charge in [0.15, 0.2) is 12.1 Å². The first-order valence-electron chi connectivity index (χ1n) is 5.59. The van der Waals surface area contributed by atoms with Crippen molar-refractivity contribution in [1.29, 1.82) is 0 Å². The number of allylic oxidation sites excluding steroid dienone is 1. The number of hydrogen-bond donors (Lipinski definition) is 0. The summed E-state index contributed by atoms with van der Waals surface area (Å²) >= 11 is 0. The molecule has 0 saturated heterocycles. The second kappa shape index (κ2) is 2.93. The number of rotatable bonds is 1. The zero-order valence-electron chi connectivity index (χ0n) is 8.02. The fraction of sp³-hybridized carbons (Fsp3) is 0.818. The normalized spacial score (nSPS) is 42.5. The fourth-order valence-corrected chi connectivity index (χ4v) is 2.91. The zero-order valence-corrected chi connectivity index (χ0v) is 8.02. The fourth-order valence-electron chi connectivity index (χ4n) is 2.91. The maximum atomic E-state index is 4.81. The maximum absolute atomic E-state index is 4.81. The smallest absolute Gasteiger partial charge is 0.118 e. The monoisotopic (exact) mass is 177 g/mol. The van der Waals surface area contributed by atoms with Gasteiger partial charge in [-0.3, -0.25) is 0 Å². The molecule has 0 amide bonds. The summed E-state index contributed by atoms with van der Waals surface area (Å²) in [5, 5.41) is 4.81. The molecule has 1 atom stereocenters. The highest BCUT2D eigenvalue weighted by atomic mass is 15.3. The molecule has 0 N–H and O–H groups in total. The molecule has 2 heteroatoms. The molecule has 2 heterocycles. The predicted molar refractivity (Wildman–Crippen MR) is 50.9 cm³/mol. The van der Waals surface area contributed by atoms with Crippen LogP contribution in [0.25, 0.3) is 0 Å². The molecule has 70 valence electrons. The molecule has 0 spiro atoms. The standard InChI is InChI=1S/C11H17N2/c1-2-4-10(3-1)13-11-7-5-9(12-13)6-8-11/h1,3,9-11H,2,4-8H2/q+1. The van der Waals surface area contributed by atoms with Gasteiger partial charge in [0.2, 0.25) is 0 Å². The van der Waals surface area contributed by atoms with Crippen molar-refractivity contribution < 1.29 is 4.70 Å². The van der Waals surface area contributed by atoms with Gasteiger partial charge in [0, 0.05) is 19.3 Å². The van der Waals surface area contributed by atoms with Gasteiger partial charge in [0.05, 0.1) is 0 Å². The SMILES string of the molecule is C1=CC([N+]2=NC3CCC2CC3)CC1. The maximum Gasteiger partial charge on any atom is 0.196 e. The van der Waals surface area contributed by atoms with Gasteiger partial charge in [0.1, 0.15) is 6.04 Å². The molecule has 1 unspecified atom stereocenters. The molecule has 2 aliphatic carbocycles. The van der Waals surface area contributed by atoms with Crippen molar-refractivity contribution >= 4 is 0 Å². The molecular weight excluding hydrogens is 160 g/mol. The molecule has 4 aliphatic rings. The molecule has 1 fully saturated rings. The van der Waals surface area contributed by atoms with Gasteiger partial charge in [-0.1, -0.05) is 6.08 Å². The van der Waals surface area contributed by atoms with Crippen molar-refractivity contribution in [3.8, 4) is 0 Å². The van der Waals surface area contributed by atoms with E-state index in [2.05, 4.69) is 16.8 Å². The highest BCUT2D eigenvalue weighted by Crippen LogP contribution is 2.32. The van der Waals surface area contributed by atoms with E-state index in [0.29, 0.717) is 12.1 Å². The third-order valence-electron chi connectivity index (χ3n) is 3.66. The highest BCUT2D eigenvalue weighted by Gasteiger charge is 2.40. The summed E-state index contributed by atoms with van der Waals surface area (Å²) in [6.45, 7) is 0. The third kappa shape index (κ3) is 1.23. The van der Waals surface area contributed by atoms with Crippen LogP contribution in [0, 0.1) is 0 Å². The third-order valence-corrected chi connectivity index (χ3v) is 3.66. The summed E-state index contributed by atoms with van der Waals surface area (Å²) in [7, 11) is 0. The Morgan fingerprint density at radius 2 is 1.92 bits per heavy atom. The Labute approximate surface area is 79.3 Å². The average molecular weight is 177 g/mol. The average Bonchev–Trinajstić information content (AvgIpc) is 2.72. The largest absolute Gasteiger partial charge is 0.196 e. The summed E-state index contributed by atoms with van der Waals surface area (Å²) in [6, 6.07) is 2.09. The van der Waals surface area contributed by atoms with Gasteiger partial charge in [-0.2, -0.15) is 0 Å². The van der Waals surface area contributed by atoms with Gasteiger partial charge in [0.25, 0.3) is 0 Å². The molecule has 0 aromatic rings. The van der Waals surface area contributed by atoms with E-state index in [9.17, 15) is 0 Å². The van der Waals surface area contributed by atoms with Crippen molar-refractivity contribution in [2.75, 3.05) is 0 Å². The Balaban J connectivity index is 1.86. The number of nitrogens with zero attached hydrogens (tertiary/aromatic N) is 2. The number of azo groups is 2. The van der Waals surface area contributed by atoms with Crippen LogP contribution >= 0.6 is 0 Å². The van der Waals surface area contributed by atoms with E-state index in [1.54, 1.807) is 0 Å². The van der Waals surface area contributed by atoms with E-state index in [0.717, 1.165) is 6.04 Å². The van der Waals surface area contributed by atoms with Gasteiger partial charge in [-0.15, -0.1) is 4.70 Å². The lowest BCUT2D eigenvalue weighted by molar-refractivity contribution is -0.667. The second-order valence-electron chi connectivity index (χ2n) is 4.53. The lowest BCUT2D eigenvalue weighted by Gasteiger charge is -2.29. The minimum absolute atomic E-state index is 0.646. The van der Waals surface area contributed by atoms with E-state index in [1.807, 2.05) is 0 Å². The minimum Gasteiger partial charge on any atom is -0.118 e. The molecule has 13 heavy (non-hydrogen) atoms. The van der Waals surface area contributed by atoms with Gasteiger partial charge < -0.3 is 0 Å². The van der Waals surface area contributed by atoms with Crippen molar-refractivity contribution in [1.82, 2.24) is 0 Å². The quantitative estimate of drug-likeness (QED) is 0.432. The summed E-state index contributed by atoms with van der Waals surface area (Å²) in [6.07, 6.45) is 12.7. The van der Waals surface area contributed by atoms with E-state index < -0.39 is 0 Å². The van der Waals surface area contributed by atoms with E-state index in [1.165, 1.54) is 38.5 Å². The van der Waals surface area contributed by atoms with Crippen LogP contribution in [0.1, 0.15) is 38.5 Å². The first-order valence-corrected chi connectivity index (χ1v) is 5.59. The Morgan fingerprint density at radius 3 is 2.46 bits per heavy atom. The topological polar surface area (TPSA) is 15.4 Å². The van der Waals surface area contributed by atoms with Crippen LogP contribution < -0.4 is 0 Å². The van der Waals surface area contributed by atoms with Crippen LogP contribution in [0.4, 0.5) is 0 Å². The van der Waals surface area contributed by atoms with E-state index in [4.69, 9.17) is 5.11 Å². The summed E-state index contributed by atoms with van der Waals surface area (Å²) < 4.78 is 2.42.